The second kappa shape index (κ2) is 5.11. The number of aryl methyl sites for hydroxylation is 1. The zero-order chi connectivity index (χ0) is 14.2. The van der Waals surface area contributed by atoms with E-state index in [1.165, 1.54) is 6.07 Å². The Morgan fingerprint density at radius 3 is 2.58 bits per heavy atom. The van der Waals surface area contributed by atoms with Crippen molar-refractivity contribution in [2.75, 3.05) is 0 Å². The van der Waals surface area contributed by atoms with Crippen molar-refractivity contribution in [2.45, 2.75) is 33.1 Å². The van der Waals surface area contributed by atoms with Gasteiger partial charge in [-0.3, -0.25) is 14.9 Å². The van der Waals surface area contributed by atoms with Gasteiger partial charge in [0.25, 0.3) is 0 Å². The smallest absolute Gasteiger partial charge is 0.230 e. The van der Waals surface area contributed by atoms with Crippen molar-refractivity contribution >= 4 is 11.8 Å². The quantitative estimate of drug-likeness (QED) is 0.833. The number of halogens is 1. The number of hydrogen-bond acceptors (Lipinski definition) is 2. The van der Waals surface area contributed by atoms with Gasteiger partial charge in [0.15, 0.2) is 0 Å². The molecule has 1 N–H and O–H groups in total. The highest BCUT2D eigenvalue weighted by Crippen LogP contribution is 2.36. The lowest BCUT2D eigenvalue weighted by Crippen LogP contribution is -2.46. The fourth-order valence-electron chi connectivity index (χ4n) is 2.77. The molecule has 19 heavy (non-hydrogen) atoms. The summed E-state index contributed by atoms with van der Waals surface area (Å²) >= 11 is 0. The minimum atomic E-state index is -0.267. The molecule has 0 radical (unpaired) electrons. The fourth-order valence-corrected chi connectivity index (χ4v) is 2.77. The summed E-state index contributed by atoms with van der Waals surface area (Å²) in [5.41, 5.74) is 1.40. The van der Waals surface area contributed by atoms with Gasteiger partial charge in [-0.25, -0.2) is 4.39 Å². The molecule has 1 heterocycles. The lowest BCUT2D eigenvalue weighted by Gasteiger charge is -2.33. The van der Waals surface area contributed by atoms with Gasteiger partial charge in [-0.1, -0.05) is 26.0 Å². The summed E-state index contributed by atoms with van der Waals surface area (Å²) in [6.45, 7) is 5.61. The number of benzene rings is 1. The Labute approximate surface area is 112 Å². The Morgan fingerprint density at radius 2 is 2.00 bits per heavy atom. The minimum absolute atomic E-state index is 0.128. The van der Waals surface area contributed by atoms with Gasteiger partial charge in [0.05, 0.1) is 0 Å². The number of carbonyl (C=O) groups is 2. The molecular formula is C15H18FNO2. The standard InChI is InChI=1S/C15H18FNO2/c1-8(2)14-11(7-13(18)17-15(14)19)10-4-5-12(16)9(3)6-10/h4-6,8,11,14H,7H2,1-3H3,(H,17,18,19). The molecule has 2 amide bonds. The molecule has 0 aliphatic carbocycles. The van der Waals surface area contributed by atoms with Gasteiger partial charge in [-0.15, -0.1) is 0 Å². The number of imide groups is 1. The van der Waals surface area contributed by atoms with Gasteiger partial charge in [0, 0.05) is 18.3 Å². The number of rotatable bonds is 2. The Hall–Kier alpha value is -1.71. The number of carbonyl (C=O) groups excluding carboxylic acids is 2. The first kappa shape index (κ1) is 13.7. The molecule has 1 aliphatic heterocycles. The molecule has 102 valence electrons. The minimum Gasteiger partial charge on any atom is -0.296 e. The average molecular weight is 263 g/mol. The molecule has 1 aromatic carbocycles. The van der Waals surface area contributed by atoms with Crippen molar-refractivity contribution in [3.05, 3.63) is 35.1 Å². The number of nitrogens with one attached hydrogen (secondary N) is 1. The van der Waals surface area contributed by atoms with Crippen LogP contribution in [-0.4, -0.2) is 11.8 Å². The molecule has 4 heteroatoms. The van der Waals surface area contributed by atoms with E-state index in [1.807, 2.05) is 13.8 Å². The highest BCUT2D eigenvalue weighted by Gasteiger charge is 2.38. The first-order valence-corrected chi connectivity index (χ1v) is 6.50. The molecule has 0 saturated carbocycles. The number of hydrogen-bond donors (Lipinski definition) is 1. The van der Waals surface area contributed by atoms with Crippen LogP contribution in [0.2, 0.25) is 0 Å². The molecule has 1 saturated heterocycles. The van der Waals surface area contributed by atoms with Crippen molar-refractivity contribution in [3.63, 3.8) is 0 Å². The van der Waals surface area contributed by atoms with Gasteiger partial charge in [0.2, 0.25) is 11.8 Å². The van der Waals surface area contributed by atoms with Crippen molar-refractivity contribution in [1.82, 2.24) is 5.32 Å². The normalized spacial score (nSPS) is 23.6. The van der Waals surface area contributed by atoms with Crippen LogP contribution < -0.4 is 5.32 Å². The van der Waals surface area contributed by atoms with E-state index in [9.17, 15) is 14.0 Å². The number of piperidine rings is 1. The van der Waals surface area contributed by atoms with Crippen LogP contribution in [0.5, 0.6) is 0 Å². The molecule has 0 aromatic heterocycles. The Bertz CT molecular complexity index is 525. The van der Waals surface area contributed by atoms with E-state index in [0.29, 0.717) is 5.56 Å². The third-order valence-electron chi connectivity index (χ3n) is 3.73. The molecule has 0 bridgehead atoms. The van der Waals surface area contributed by atoms with Crippen LogP contribution in [0.4, 0.5) is 4.39 Å². The summed E-state index contributed by atoms with van der Waals surface area (Å²) in [7, 11) is 0. The van der Waals surface area contributed by atoms with Gasteiger partial charge < -0.3 is 0 Å². The molecule has 0 spiro atoms. The fraction of sp³-hybridized carbons (Fsp3) is 0.467. The van der Waals surface area contributed by atoms with E-state index >= 15 is 0 Å². The third-order valence-corrected chi connectivity index (χ3v) is 3.73. The Kier molecular flexibility index (Phi) is 3.69. The first-order chi connectivity index (χ1) is 8.90. The summed E-state index contributed by atoms with van der Waals surface area (Å²) in [4.78, 5) is 23.5. The molecule has 2 rings (SSSR count). The van der Waals surface area contributed by atoms with Crippen LogP contribution in [-0.2, 0) is 9.59 Å². The van der Waals surface area contributed by atoms with Crippen molar-refractivity contribution in [1.29, 1.82) is 0 Å². The highest BCUT2D eigenvalue weighted by molar-refractivity contribution is 6.00. The van der Waals surface area contributed by atoms with Crippen LogP contribution in [0.3, 0.4) is 0 Å². The first-order valence-electron chi connectivity index (χ1n) is 6.50. The third kappa shape index (κ3) is 2.67. The molecular weight excluding hydrogens is 245 g/mol. The van der Waals surface area contributed by atoms with Crippen LogP contribution in [0, 0.1) is 24.6 Å². The van der Waals surface area contributed by atoms with E-state index < -0.39 is 0 Å². The zero-order valence-corrected chi connectivity index (χ0v) is 11.4. The van der Waals surface area contributed by atoms with Gasteiger partial charge in [-0.2, -0.15) is 0 Å². The van der Waals surface area contributed by atoms with Gasteiger partial charge in [-0.05, 0) is 30.0 Å². The predicted octanol–water partition coefficient (Wildman–Crippen LogP) is 2.54. The lowest BCUT2D eigenvalue weighted by molar-refractivity contribution is -0.138. The van der Waals surface area contributed by atoms with Crippen LogP contribution in [0.15, 0.2) is 18.2 Å². The van der Waals surface area contributed by atoms with E-state index in [4.69, 9.17) is 0 Å². The van der Waals surface area contributed by atoms with E-state index in [0.717, 1.165) is 5.56 Å². The predicted molar refractivity (Wildman–Crippen MR) is 70.0 cm³/mol. The number of amides is 2. The zero-order valence-electron chi connectivity index (χ0n) is 11.4. The molecule has 1 aliphatic rings. The summed E-state index contributed by atoms with van der Waals surface area (Å²) in [5, 5.41) is 2.38. The van der Waals surface area contributed by atoms with Crippen molar-refractivity contribution in [2.24, 2.45) is 11.8 Å². The Morgan fingerprint density at radius 1 is 1.32 bits per heavy atom. The van der Waals surface area contributed by atoms with Crippen LogP contribution in [0.25, 0.3) is 0 Å². The van der Waals surface area contributed by atoms with Crippen LogP contribution in [0.1, 0.15) is 37.3 Å². The maximum absolute atomic E-state index is 13.3. The topological polar surface area (TPSA) is 46.2 Å². The largest absolute Gasteiger partial charge is 0.296 e. The van der Waals surface area contributed by atoms with E-state index in [-0.39, 0.29) is 41.8 Å². The second-order valence-corrected chi connectivity index (χ2v) is 5.50. The SMILES string of the molecule is Cc1cc(C2CC(=O)NC(=O)C2C(C)C)ccc1F. The highest BCUT2D eigenvalue weighted by atomic mass is 19.1. The summed E-state index contributed by atoms with van der Waals surface area (Å²) in [6, 6.07) is 4.81. The monoisotopic (exact) mass is 263 g/mol. The van der Waals surface area contributed by atoms with E-state index in [1.54, 1.807) is 19.1 Å². The van der Waals surface area contributed by atoms with Gasteiger partial charge >= 0.3 is 0 Å². The summed E-state index contributed by atoms with van der Waals surface area (Å²) in [5.74, 6) is -1.03. The average Bonchev–Trinajstić information content (AvgIpc) is 2.31. The molecule has 3 nitrogen and oxygen atoms in total. The van der Waals surface area contributed by atoms with Crippen molar-refractivity contribution < 1.29 is 14.0 Å². The maximum Gasteiger partial charge on any atom is 0.230 e. The van der Waals surface area contributed by atoms with E-state index in [2.05, 4.69) is 5.32 Å². The Balaban J connectivity index is 2.40. The van der Waals surface area contributed by atoms with Crippen molar-refractivity contribution in [3.8, 4) is 0 Å². The van der Waals surface area contributed by atoms with Crippen LogP contribution >= 0.6 is 0 Å². The van der Waals surface area contributed by atoms with Gasteiger partial charge in [0.1, 0.15) is 5.82 Å². The molecule has 1 fully saturated rings. The molecule has 2 unspecified atom stereocenters. The lowest BCUT2D eigenvalue weighted by atomic mass is 9.74. The molecule has 1 aromatic rings. The molecule has 2 atom stereocenters. The summed E-state index contributed by atoms with van der Waals surface area (Å²) in [6.07, 6.45) is 0.277. The maximum atomic E-state index is 13.3. The summed E-state index contributed by atoms with van der Waals surface area (Å²) < 4.78 is 13.3. The second-order valence-electron chi connectivity index (χ2n) is 5.50.